The zero-order valence-electron chi connectivity index (χ0n) is 19.4. The number of piperazine rings is 1. The second kappa shape index (κ2) is 11.8. The summed E-state index contributed by atoms with van der Waals surface area (Å²) in [5.74, 6) is 3.28. The molecule has 176 valence electrons. The molecule has 2 aromatic carbocycles. The summed E-state index contributed by atoms with van der Waals surface area (Å²) in [6.07, 6.45) is -0.572. The van der Waals surface area contributed by atoms with Crippen LogP contribution in [0, 0.1) is 0 Å². The summed E-state index contributed by atoms with van der Waals surface area (Å²) < 4.78 is 27.5. The standard InChI is InChI=1S/C24H34N2O6/c1-28-20-7-5-6-8-21(20)32-17-19(27)16-26-13-11-25(12-14-26)15-18-9-10-22(29-2)24(31-4)23(18)30-3/h5-10,19,27H,11-17H2,1-4H3. The van der Waals surface area contributed by atoms with Gasteiger partial charge in [0.15, 0.2) is 23.0 Å². The first-order chi connectivity index (χ1) is 15.6. The number of hydrogen-bond donors (Lipinski definition) is 1. The maximum atomic E-state index is 10.4. The van der Waals surface area contributed by atoms with Gasteiger partial charge in [0, 0.05) is 44.8 Å². The van der Waals surface area contributed by atoms with Crippen LogP contribution >= 0.6 is 0 Å². The number of para-hydroxylation sites is 2. The average Bonchev–Trinajstić information content (AvgIpc) is 2.83. The van der Waals surface area contributed by atoms with E-state index in [1.54, 1.807) is 28.4 Å². The van der Waals surface area contributed by atoms with Crippen LogP contribution in [-0.2, 0) is 6.54 Å². The molecular weight excluding hydrogens is 412 g/mol. The fourth-order valence-electron chi connectivity index (χ4n) is 3.93. The van der Waals surface area contributed by atoms with Gasteiger partial charge in [-0.1, -0.05) is 18.2 Å². The number of β-amino-alcohol motifs (C(OH)–C–C–N with tert-alkyl or cyclic N) is 1. The highest BCUT2D eigenvalue weighted by Crippen LogP contribution is 2.40. The largest absolute Gasteiger partial charge is 0.493 e. The molecule has 0 aliphatic carbocycles. The zero-order chi connectivity index (χ0) is 22.9. The number of aliphatic hydroxyl groups is 1. The molecule has 0 radical (unpaired) electrons. The van der Waals surface area contributed by atoms with Crippen molar-refractivity contribution in [2.75, 3.05) is 67.8 Å². The molecule has 1 aliphatic heterocycles. The molecule has 1 heterocycles. The Hall–Kier alpha value is -2.68. The maximum Gasteiger partial charge on any atom is 0.203 e. The predicted molar refractivity (Wildman–Crippen MR) is 122 cm³/mol. The molecule has 1 aliphatic rings. The Kier molecular flexibility index (Phi) is 8.84. The molecule has 32 heavy (non-hydrogen) atoms. The van der Waals surface area contributed by atoms with E-state index in [9.17, 15) is 5.11 Å². The lowest BCUT2D eigenvalue weighted by Gasteiger charge is -2.35. The minimum absolute atomic E-state index is 0.226. The molecule has 1 atom stereocenters. The topological polar surface area (TPSA) is 72.9 Å². The molecule has 0 spiro atoms. The van der Waals surface area contributed by atoms with Crippen molar-refractivity contribution in [3.8, 4) is 28.7 Å². The van der Waals surface area contributed by atoms with Gasteiger partial charge in [0.05, 0.1) is 28.4 Å². The number of ether oxygens (including phenoxy) is 5. The third-order valence-electron chi connectivity index (χ3n) is 5.61. The van der Waals surface area contributed by atoms with E-state index in [1.807, 2.05) is 36.4 Å². The van der Waals surface area contributed by atoms with Gasteiger partial charge in [0.1, 0.15) is 12.7 Å². The van der Waals surface area contributed by atoms with Gasteiger partial charge < -0.3 is 28.8 Å². The summed E-state index contributed by atoms with van der Waals surface area (Å²) in [6.45, 7) is 5.11. The van der Waals surface area contributed by atoms with Gasteiger partial charge in [-0.05, 0) is 18.2 Å². The smallest absolute Gasteiger partial charge is 0.203 e. The first-order valence-electron chi connectivity index (χ1n) is 10.8. The molecule has 0 aromatic heterocycles. The van der Waals surface area contributed by atoms with Crippen LogP contribution in [-0.4, -0.2) is 88.8 Å². The van der Waals surface area contributed by atoms with Gasteiger partial charge in [-0.25, -0.2) is 0 Å². The quantitative estimate of drug-likeness (QED) is 0.564. The molecule has 8 heteroatoms. The van der Waals surface area contributed by atoms with Gasteiger partial charge in [-0.2, -0.15) is 0 Å². The molecule has 3 rings (SSSR count). The maximum absolute atomic E-state index is 10.4. The van der Waals surface area contributed by atoms with Crippen LogP contribution in [0.3, 0.4) is 0 Å². The Morgan fingerprint density at radius 1 is 0.750 bits per heavy atom. The van der Waals surface area contributed by atoms with Crippen LogP contribution in [0.15, 0.2) is 36.4 Å². The summed E-state index contributed by atoms with van der Waals surface area (Å²) in [5, 5.41) is 10.4. The van der Waals surface area contributed by atoms with E-state index in [4.69, 9.17) is 23.7 Å². The first-order valence-corrected chi connectivity index (χ1v) is 10.8. The number of rotatable bonds is 11. The van der Waals surface area contributed by atoms with E-state index in [2.05, 4.69) is 9.80 Å². The Labute approximate surface area is 190 Å². The zero-order valence-corrected chi connectivity index (χ0v) is 19.4. The summed E-state index contributed by atoms with van der Waals surface area (Å²) >= 11 is 0. The lowest BCUT2D eigenvalue weighted by Crippen LogP contribution is -2.48. The third kappa shape index (κ3) is 5.97. The van der Waals surface area contributed by atoms with Crippen LogP contribution in [0.1, 0.15) is 5.56 Å². The molecule has 8 nitrogen and oxygen atoms in total. The van der Waals surface area contributed by atoms with Crippen LogP contribution in [0.2, 0.25) is 0 Å². The van der Waals surface area contributed by atoms with Crippen molar-refractivity contribution in [3.63, 3.8) is 0 Å². The van der Waals surface area contributed by atoms with Crippen molar-refractivity contribution in [2.45, 2.75) is 12.6 Å². The Morgan fingerprint density at radius 3 is 2.00 bits per heavy atom. The summed E-state index contributed by atoms with van der Waals surface area (Å²) in [6, 6.07) is 11.4. The van der Waals surface area contributed by atoms with Crippen molar-refractivity contribution in [3.05, 3.63) is 42.0 Å². The highest BCUT2D eigenvalue weighted by Gasteiger charge is 2.22. The Bertz CT molecular complexity index is 854. The second-order valence-corrected chi connectivity index (χ2v) is 7.69. The van der Waals surface area contributed by atoms with E-state index >= 15 is 0 Å². The number of hydrogen-bond acceptors (Lipinski definition) is 8. The fraction of sp³-hybridized carbons (Fsp3) is 0.500. The molecule has 0 amide bonds. The first kappa shape index (κ1) is 24.0. The SMILES string of the molecule is COc1ccccc1OCC(O)CN1CCN(Cc2ccc(OC)c(OC)c2OC)CC1. The van der Waals surface area contributed by atoms with Crippen molar-refractivity contribution >= 4 is 0 Å². The van der Waals surface area contributed by atoms with E-state index in [0.29, 0.717) is 35.3 Å². The van der Waals surface area contributed by atoms with Crippen molar-refractivity contribution in [1.29, 1.82) is 0 Å². The summed E-state index contributed by atoms with van der Waals surface area (Å²) in [7, 11) is 6.49. The Morgan fingerprint density at radius 2 is 1.38 bits per heavy atom. The average molecular weight is 447 g/mol. The van der Waals surface area contributed by atoms with Crippen molar-refractivity contribution in [2.24, 2.45) is 0 Å². The van der Waals surface area contributed by atoms with Crippen molar-refractivity contribution < 1.29 is 28.8 Å². The molecular formula is C24H34N2O6. The molecule has 0 saturated carbocycles. The predicted octanol–water partition coefficient (Wildman–Crippen LogP) is 2.28. The van der Waals surface area contributed by atoms with Crippen LogP contribution in [0.4, 0.5) is 0 Å². The van der Waals surface area contributed by atoms with Gasteiger partial charge in [-0.15, -0.1) is 0 Å². The van der Waals surface area contributed by atoms with E-state index in [1.165, 1.54) is 0 Å². The van der Waals surface area contributed by atoms with E-state index in [0.717, 1.165) is 38.3 Å². The van der Waals surface area contributed by atoms with E-state index in [-0.39, 0.29) is 6.61 Å². The molecule has 1 unspecified atom stereocenters. The number of methoxy groups -OCH3 is 4. The van der Waals surface area contributed by atoms with Gasteiger partial charge in [0.25, 0.3) is 0 Å². The van der Waals surface area contributed by atoms with Gasteiger partial charge in [0.2, 0.25) is 5.75 Å². The van der Waals surface area contributed by atoms with Gasteiger partial charge >= 0.3 is 0 Å². The normalized spacial score (nSPS) is 15.8. The molecule has 2 aromatic rings. The molecule has 1 N–H and O–H groups in total. The van der Waals surface area contributed by atoms with Crippen molar-refractivity contribution in [1.82, 2.24) is 9.80 Å². The van der Waals surface area contributed by atoms with Gasteiger partial charge in [-0.3, -0.25) is 9.80 Å². The number of nitrogens with zero attached hydrogens (tertiary/aromatic N) is 2. The number of aliphatic hydroxyl groups excluding tert-OH is 1. The lowest BCUT2D eigenvalue weighted by molar-refractivity contribution is 0.0439. The number of benzene rings is 2. The molecule has 1 saturated heterocycles. The van der Waals surface area contributed by atoms with E-state index < -0.39 is 6.10 Å². The fourth-order valence-corrected chi connectivity index (χ4v) is 3.93. The summed E-state index contributed by atoms with van der Waals surface area (Å²) in [5.41, 5.74) is 1.06. The van der Waals surface area contributed by atoms with Crippen LogP contribution in [0.25, 0.3) is 0 Å². The second-order valence-electron chi connectivity index (χ2n) is 7.69. The molecule has 0 bridgehead atoms. The summed E-state index contributed by atoms with van der Waals surface area (Å²) in [4.78, 5) is 4.64. The van der Waals surface area contributed by atoms with Crippen LogP contribution in [0.5, 0.6) is 28.7 Å². The minimum atomic E-state index is -0.572. The monoisotopic (exact) mass is 446 g/mol. The van der Waals surface area contributed by atoms with Crippen LogP contribution < -0.4 is 23.7 Å². The Balaban J connectivity index is 1.48. The molecule has 1 fully saturated rings. The highest BCUT2D eigenvalue weighted by molar-refractivity contribution is 5.55. The minimum Gasteiger partial charge on any atom is -0.493 e. The lowest BCUT2D eigenvalue weighted by atomic mass is 10.1. The highest BCUT2D eigenvalue weighted by atomic mass is 16.5. The third-order valence-corrected chi connectivity index (χ3v) is 5.61.